The van der Waals surface area contributed by atoms with Gasteiger partial charge in [0.2, 0.25) is 0 Å². The number of hydrogen-bond acceptors (Lipinski definition) is 2. The number of allylic oxidation sites excluding steroid dienone is 2. The lowest BCUT2D eigenvalue weighted by Gasteiger charge is -2.22. The molecule has 1 aliphatic heterocycles. The molecule has 0 saturated carbocycles. The highest BCUT2D eigenvalue weighted by Crippen LogP contribution is 2.25. The van der Waals surface area contributed by atoms with E-state index in [2.05, 4.69) is 57.9 Å². The molecule has 1 aliphatic carbocycles. The SMILES string of the molecule is CC[C@@H](NC(=O)c1cc(Br)n2c1COCC2)C1=CCC(C)C=C1. The molecule has 23 heavy (non-hydrogen) atoms. The number of hydrogen-bond donors (Lipinski definition) is 1. The molecule has 0 spiro atoms. The Morgan fingerprint density at radius 1 is 1.57 bits per heavy atom. The van der Waals surface area contributed by atoms with Gasteiger partial charge in [-0.25, -0.2) is 0 Å². The molecule has 2 aliphatic rings. The number of halogens is 1. The summed E-state index contributed by atoms with van der Waals surface area (Å²) in [6.45, 7) is 6.27. The van der Waals surface area contributed by atoms with Crippen LogP contribution in [0.4, 0.5) is 0 Å². The van der Waals surface area contributed by atoms with E-state index in [9.17, 15) is 4.79 Å². The molecule has 1 N–H and O–H groups in total. The molecule has 2 atom stereocenters. The second-order valence-electron chi connectivity index (χ2n) is 6.24. The highest BCUT2D eigenvalue weighted by Gasteiger charge is 2.24. The summed E-state index contributed by atoms with van der Waals surface area (Å²) in [5, 5.41) is 3.18. The van der Waals surface area contributed by atoms with Gasteiger partial charge in [-0.2, -0.15) is 0 Å². The van der Waals surface area contributed by atoms with Crippen LogP contribution in [0.25, 0.3) is 0 Å². The number of rotatable bonds is 4. The third kappa shape index (κ3) is 3.45. The van der Waals surface area contributed by atoms with Crippen molar-refractivity contribution < 1.29 is 9.53 Å². The van der Waals surface area contributed by atoms with Gasteiger partial charge in [0.1, 0.15) is 0 Å². The fraction of sp³-hybridized carbons (Fsp3) is 0.500. The van der Waals surface area contributed by atoms with E-state index < -0.39 is 0 Å². The number of fused-ring (bicyclic) bond motifs is 1. The number of nitrogens with one attached hydrogen (secondary N) is 1. The zero-order valence-corrected chi connectivity index (χ0v) is 15.2. The van der Waals surface area contributed by atoms with Crippen molar-refractivity contribution in [3.05, 3.63) is 45.7 Å². The van der Waals surface area contributed by atoms with Crippen LogP contribution >= 0.6 is 15.9 Å². The van der Waals surface area contributed by atoms with Crippen LogP contribution in [0.3, 0.4) is 0 Å². The predicted molar refractivity (Wildman–Crippen MR) is 94.3 cm³/mol. The fourth-order valence-corrected chi connectivity index (χ4v) is 3.75. The minimum Gasteiger partial charge on any atom is -0.373 e. The molecular weight excluding hydrogens is 356 g/mol. The highest BCUT2D eigenvalue weighted by molar-refractivity contribution is 9.10. The Hall–Kier alpha value is -1.33. The summed E-state index contributed by atoms with van der Waals surface area (Å²) in [5.74, 6) is 0.559. The maximum atomic E-state index is 12.8. The Balaban J connectivity index is 1.77. The van der Waals surface area contributed by atoms with Crippen molar-refractivity contribution in [2.24, 2.45) is 5.92 Å². The first-order valence-corrected chi connectivity index (χ1v) is 9.04. The molecule has 1 amide bonds. The minimum absolute atomic E-state index is 0.0234. The van der Waals surface area contributed by atoms with Crippen LogP contribution in [0, 0.1) is 5.92 Å². The van der Waals surface area contributed by atoms with Crippen LogP contribution in [0.15, 0.2) is 34.5 Å². The standard InChI is InChI=1S/C18H23BrN2O2/c1-3-15(13-6-4-12(2)5-7-13)20-18(22)14-10-17(19)21-8-9-23-11-16(14)21/h4,6-7,10,12,15H,3,5,8-9,11H2,1-2H3,(H,20,22)/t12?,15-/m1/s1. The monoisotopic (exact) mass is 378 g/mol. The fourth-order valence-electron chi connectivity index (χ4n) is 3.13. The zero-order chi connectivity index (χ0) is 16.4. The van der Waals surface area contributed by atoms with Gasteiger partial charge < -0.3 is 14.6 Å². The topological polar surface area (TPSA) is 43.3 Å². The van der Waals surface area contributed by atoms with Gasteiger partial charge in [-0.3, -0.25) is 4.79 Å². The van der Waals surface area contributed by atoms with E-state index in [1.807, 2.05) is 6.07 Å². The maximum Gasteiger partial charge on any atom is 0.253 e. The number of nitrogens with zero attached hydrogens (tertiary/aromatic N) is 1. The summed E-state index contributed by atoms with van der Waals surface area (Å²) in [7, 11) is 0. The lowest BCUT2D eigenvalue weighted by Crippen LogP contribution is -2.36. The zero-order valence-electron chi connectivity index (χ0n) is 13.6. The largest absolute Gasteiger partial charge is 0.373 e. The van der Waals surface area contributed by atoms with Crippen LogP contribution < -0.4 is 5.32 Å². The lowest BCUT2D eigenvalue weighted by atomic mass is 9.93. The van der Waals surface area contributed by atoms with Crippen LogP contribution in [0.2, 0.25) is 0 Å². The van der Waals surface area contributed by atoms with E-state index in [1.54, 1.807) is 0 Å². The van der Waals surface area contributed by atoms with Crippen molar-refractivity contribution in [1.29, 1.82) is 0 Å². The average Bonchev–Trinajstić information content (AvgIpc) is 2.91. The van der Waals surface area contributed by atoms with Crippen LogP contribution in [0.5, 0.6) is 0 Å². The molecular formula is C18H23BrN2O2. The number of aromatic nitrogens is 1. The summed E-state index contributed by atoms with van der Waals surface area (Å²) in [4.78, 5) is 12.8. The Kier molecular flexibility index (Phi) is 5.07. The quantitative estimate of drug-likeness (QED) is 0.865. The molecule has 0 saturated heterocycles. The highest BCUT2D eigenvalue weighted by atomic mass is 79.9. The number of ether oxygens (including phenoxy) is 1. The second kappa shape index (κ2) is 7.05. The Morgan fingerprint density at radius 2 is 2.39 bits per heavy atom. The third-order valence-electron chi connectivity index (χ3n) is 4.56. The van der Waals surface area contributed by atoms with Crippen LogP contribution in [0.1, 0.15) is 42.7 Å². The normalized spacial score (nSPS) is 21.5. The van der Waals surface area contributed by atoms with E-state index in [1.165, 1.54) is 5.57 Å². The summed E-state index contributed by atoms with van der Waals surface area (Å²) in [5.41, 5.74) is 2.88. The molecule has 0 fully saturated rings. The molecule has 0 bridgehead atoms. The van der Waals surface area contributed by atoms with E-state index >= 15 is 0 Å². The molecule has 3 rings (SSSR count). The van der Waals surface area contributed by atoms with Gasteiger partial charge in [-0.15, -0.1) is 0 Å². The van der Waals surface area contributed by atoms with Gasteiger partial charge in [0, 0.05) is 6.54 Å². The van der Waals surface area contributed by atoms with Crippen molar-refractivity contribution in [3.63, 3.8) is 0 Å². The summed E-state index contributed by atoms with van der Waals surface area (Å²) in [6.07, 6.45) is 8.53. The Labute approximate surface area is 145 Å². The number of carbonyl (C=O) groups excluding carboxylic acids is 1. The third-order valence-corrected chi connectivity index (χ3v) is 5.22. The summed E-state index contributed by atoms with van der Waals surface area (Å²) in [6, 6.07) is 1.96. The van der Waals surface area contributed by atoms with Gasteiger partial charge in [0.05, 0.1) is 35.1 Å². The number of amides is 1. The first-order chi connectivity index (χ1) is 11.1. The molecule has 5 heteroatoms. The number of carbonyl (C=O) groups is 1. The van der Waals surface area contributed by atoms with Crippen molar-refractivity contribution in [2.75, 3.05) is 6.61 Å². The molecule has 1 unspecified atom stereocenters. The first-order valence-electron chi connectivity index (χ1n) is 8.25. The van der Waals surface area contributed by atoms with E-state index in [-0.39, 0.29) is 11.9 Å². The molecule has 0 radical (unpaired) electrons. The Bertz CT molecular complexity index is 660. The van der Waals surface area contributed by atoms with Crippen molar-refractivity contribution in [1.82, 2.24) is 9.88 Å². The van der Waals surface area contributed by atoms with Gasteiger partial charge in [0.25, 0.3) is 5.91 Å². The molecule has 4 nitrogen and oxygen atoms in total. The van der Waals surface area contributed by atoms with Gasteiger partial charge in [-0.05, 0) is 46.3 Å². The van der Waals surface area contributed by atoms with E-state index in [0.717, 1.165) is 29.7 Å². The molecule has 0 aromatic carbocycles. The van der Waals surface area contributed by atoms with Gasteiger partial charge in [0.15, 0.2) is 0 Å². The first kappa shape index (κ1) is 16.5. The average molecular weight is 379 g/mol. The molecule has 2 heterocycles. The summed E-state index contributed by atoms with van der Waals surface area (Å²) < 4.78 is 8.57. The van der Waals surface area contributed by atoms with E-state index in [0.29, 0.717) is 24.7 Å². The van der Waals surface area contributed by atoms with Crippen molar-refractivity contribution in [2.45, 2.75) is 45.9 Å². The second-order valence-corrected chi connectivity index (χ2v) is 7.05. The smallest absolute Gasteiger partial charge is 0.253 e. The van der Waals surface area contributed by atoms with E-state index in [4.69, 9.17) is 4.74 Å². The van der Waals surface area contributed by atoms with Crippen LogP contribution in [-0.4, -0.2) is 23.1 Å². The molecule has 1 aromatic rings. The van der Waals surface area contributed by atoms with Gasteiger partial charge in [-0.1, -0.05) is 32.1 Å². The van der Waals surface area contributed by atoms with Crippen molar-refractivity contribution in [3.8, 4) is 0 Å². The van der Waals surface area contributed by atoms with Crippen LogP contribution in [-0.2, 0) is 17.9 Å². The molecule has 124 valence electrons. The Morgan fingerprint density at radius 3 is 3.09 bits per heavy atom. The predicted octanol–water partition coefficient (Wildman–Crippen LogP) is 3.81. The minimum atomic E-state index is -0.0234. The van der Waals surface area contributed by atoms with Crippen molar-refractivity contribution >= 4 is 21.8 Å². The summed E-state index contributed by atoms with van der Waals surface area (Å²) >= 11 is 3.54. The maximum absolute atomic E-state index is 12.8. The van der Waals surface area contributed by atoms with Gasteiger partial charge >= 0.3 is 0 Å². The lowest BCUT2D eigenvalue weighted by molar-refractivity contribution is 0.0805. The molecule has 1 aromatic heterocycles.